The van der Waals surface area contributed by atoms with E-state index in [1.165, 1.54) is 25.6 Å². The maximum Gasteiger partial charge on any atom is 0.335 e. The van der Waals surface area contributed by atoms with Crippen LogP contribution in [0.15, 0.2) is 65.7 Å². The number of hydrogen-bond donors (Lipinski definition) is 2. The van der Waals surface area contributed by atoms with Gasteiger partial charge in [0.2, 0.25) is 0 Å². The van der Waals surface area contributed by atoms with Crippen molar-refractivity contribution in [2.24, 2.45) is 0 Å². The molecule has 0 amide bonds. The summed E-state index contributed by atoms with van der Waals surface area (Å²) in [4.78, 5) is 35.7. The number of carbonyl (C=O) groups is 1. The lowest BCUT2D eigenvalue weighted by Crippen LogP contribution is -2.38. The lowest BCUT2D eigenvalue weighted by atomic mass is 10.0. The largest absolute Gasteiger partial charge is 0.481 e. The van der Waals surface area contributed by atoms with E-state index in [1.807, 2.05) is 59.2 Å². The number of unbranched alkanes of at least 4 members (excludes halogenated alkanes) is 6. The van der Waals surface area contributed by atoms with Crippen LogP contribution >= 0.6 is 0 Å². The molecule has 0 spiro atoms. The summed E-state index contributed by atoms with van der Waals surface area (Å²) in [5.41, 5.74) is 7.93. The molecule has 222 valence electrons. The molecule has 3 N–H and O–H groups in total. The number of aliphatic carboxylic acids is 1. The Labute approximate surface area is 245 Å². The smallest absolute Gasteiger partial charge is 0.335 e. The molecular weight excluding hydrogens is 532 g/mol. The number of hydrogen-bond acceptors (Lipinski definition) is 7. The summed E-state index contributed by atoms with van der Waals surface area (Å²) in [6, 6.07) is 17.0. The van der Waals surface area contributed by atoms with Crippen molar-refractivity contribution < 1.29 is 14.6 Å². The first kappa shape index (κ1) is 29.3. The van der Waals surface area contributed by atoms with Gasteiger partial charge in [-0.15, -0.1) is 0 Å². The number of benzene rings is 2. The van der Waals surface area contributed by atoms with Gasteiger partial charge in [0.25, 0.3) is 0 Å². The number of imidazole rings is 1. The van der Waals surface area contributed by atoms with Crippen LogP contribution in [0.4, 0.5) is 5.82 Å². The molecule has 10 nitrogen and oxygen atoms in total. The Hall–Kier alpha value is -4.18. The quantitative estimate of drug-likeness (QED) is 0.182. The monoisotopic (exact) mass is 572 g/mol. The highest BCUT2D eigenvalue weighted by Crippen LogP contribution is 2.29. The van der Waals surface area contributed by atoms with E-state index < -0.39 is 5.97 Å². The number of nitrogens with two attached hydrogens (primary N) is 1. The van der Waals surface area contributed by atoms with Gasteiger partial charge in [0.05, 0.1) is 5.69 Å². The number of nitrogen functional groups attached to an aromatic ring is 1. The molecule has 42 heavy (non-hydrogen) atoms. The zero-order chi connectivity index (χ0) is 29.3. The number of anilines is 1. The number of piperidine rings is 1. The third kappa shape index (κ3) is 7.17. The highest BCUT2D eigenvalue weighted by Gasteiger charge is 2.27. The van der Waals surface area contributed by atoms with E-state index in [0.717, 1.165) is 63.9 Å². The fourth-order valence-corrected chi connectivity index (χ4v) is 5.82. The van der Waals surface area contributed by atoms with Crippen LogP contribution in [0.5, 0.6) is 11.5 Å². The van der Waals surface area contributed by atoms with Crippen LogP contribution in [0.3, 0.4) is 0 Å². The first-order valence-electron chi connectivity index (χ1n) is 15.0. The lowest BCUT2D eigenvalue weighted by molar-refractivity contribution is -0.137. The van der Waals surface area contributed by atoms with Gasteiger partial charge in [-0.1, -0.05) is 50.3 Å². The fourth-order valence-electron chi connectivity index (χ4n) is 5.82. The Morgan fingerprint density at radius 2 is 1.52 bits per heavy atom. The van der Waals surface area contributed by atoms with Crippen LogP contribution in [-0.4, -0.2) is 54.7 Å². The van der Waals surface area contributed by atoms with Crippen LogP contribution in [0, 0.1) is 0 Å². The van der Waals surface area contributed by atoms with Gasteiger partial charge in [0, 0.05) is 25.6 Å². The average Bonchev–Trinajstić information content (AvgIpc) is 3.30. The Morgan fingerprint density at radius 3 is 2.21 bits per heavy atom. The van der Waals surface area contributed by atoms with Crippen LogP contribution in [-0.2, 0) is 4.79 Å². The maximum absolute atomic E-state index is 13.9. The van der Waals surface area contributed by atoms with Crippen molar-refractivity contribution in [3.63, 3.8) is 0 Å². The topological polar surface area (TPSA) is 128 Å². The highest BCUT2D eigenvalue weighted by atomic mass is 16.5. The molecule has 3 heterocycles. The van der Waals surface area contributed by atoms with E-state index in [9.17, 15) is 9.59 Å². The van der Waals surface area contributed by atoms with Crippen molar-refractivity contribution in [1.82, 2.24) is 24.0 Å². The second-order valence-corrected chi connectivity index (χ2v) is 11.0. The number of para-hydroxylation sites is 1. The second-order valence-electron chi connectivity index (χ2n) is 11.0. The molecular formula is C32H40N6O4. The molecule has 0 saturated carbocycles. The maximum atomic E-state index is 13.9. The minimum Gasteiger partial charge on any atom is -0.481 e. The summed E-state index contributed by atoms with van der Waals surface area (Å²) in [6.07, 6.45) is 11.1. The predicted octanol–water partition coefficient (Wildman–Crippen LogP) is 5.80. The van der Waals surface area contributed by atoms with E-state index >= 15 is 0 Å². The summed E-state index contributed by atoms with van der Waals surface area (Å²) in [6.45, 7) is 2.94. The van der Waals surface area contributed by atoms with Crippen LogP contribution in [0.2, 0.25) is 0 Å². The first-order valence-corrected chi connectivity index (χ1v) is 15.0. The number of fused-ring (bicyclic) bond motifs is 1. The number of ether oxygens (including phenoxy) is 1. The Bertz CT molecular complexity index is 1510. The van der Waals surface area contributed by atoms with Gasteiger partial charge in [0.1, 0.15) is 23.3 Å². The zero-order valence-corrected chi connectivity index (χ0v) is 24.0. The number of carboxylic acids is 1. The molecule has 4 aromatic rings. The van der Waals surface area contributed by atoms with E-state index in [-0.39, 0.29) is 24.0 Å². The van der Waals surface area contributed by atoms with E-state index in [2.05, 4.69) is 14.9 Å². The number of rotatable bonds is 14. The minimum atomic E-state index is -0.702. The first-order chi connectivity index (χ1) is 20.5. The Kier molecular flexibility index (Phi) is 9.86. The molecule has 10 heteroatoms. The van der Waals surface area contributed by atoms with Crippen LogP contribution in [0.1, 0.15) is 70.3 Å². The normalized spacial score (nSPS) is 14.4. The SMILES string of the molecule is Nc1ncnc2c1n(-c1ccc(Oc3ccccc3)cc1)c(=O)n2C1CCN(CCCCCCCCCC(=O)O)CC1. The number of likely N-dealkylation sites (tertiary alicyclic amines) is 1. The van der Waals surface area contributed by atoms with Crippen LogP contribution < -0.4 is 16.2 Å². The average molecular weight is 573 g/mol. The predicted molar refractivity (Wildman–Crippen MR) is 163 cm³/mol. The molecule has 2 aromatic heterocycles. The molecule has 1 saturated heterocycles. The van der Waals surface area contributed by atoms with Gasteiger partial charge in [-0.25, -0.2) is 14.8 Å². The van der Waals surface area contributed by atoms with Crippen molar-refractivity contribution in [2.45, 2.75) is 70.3 Å². The molecule has 5 rings (SSSR count). The number of carboxylic acid groups (broad SMARTS) is 1. The molecule has 0 radical (unpaired) electrons. The third-order valence-electron chi connectivity index (χ3n) is 8.04. The van der Waals surface area contributed by atoms with Gasteiger partial charge >= 0.3 is 11.7 Å². The molecule has 0 aliphatic carbocycles. The molecule has 1 fully saturated rings. The van der Waals surface area contributed by atoms with Gasteiger partial charge in [-0.2, -0.15) is 0 Å². The van der Waals surface area contributed by atoms with Gasteiger partial charge < -0.3 is 20.5 Å². The van der Waals surface area contributed by atoms with E-state index in [0.29, 0.717) is 22.6 Å². The van der Waals surface area contributed by atoms with Gasteiger partial charge in [-0.3, -0.25) is 13.9 Å². The summed E-state index contributed by atoms with van der Waals surface area (Å²) in [5.74, 6) is 0.994. The highest BCUT2D eigenvalue weighted by molar-refractivity contribution is 5.84. The Morgan fingerprint density at radius 1 is 0.881 bits per heavy atom. The fraction of sp³-hybridized carbons (Fsp3) is 0.438. The standard InChI is InChI=1S/C32H40N6O4/c33-30-29-31(35-23-34-30)38(25-18-21-36(22-19-25)20-10-5-3-1-2-4-9-13-28(39)40)32(41)37(29)24-14-16-27(17-15-24)42-26-11-7-6-8-12-26/h6-8,11-12,14-17,23,25H,1-5,9-10,13,18-22H2,(H,39,40)(H2,33,34,35). The van der Waals surface area contributed by atoms with Crippen molar-refractivity contribution in [1.29, 1.82) is 0 Å². The van der Waals surface area contributed by atoms with Gasteiger partial charge in [-0.05, 0) is 68.6 Å². The second kappa shape index (κ2) is 14.1. The molecule has 0 atom stereocenters. The van der Waals surface area contributed by atoms with Crippen molar-refractivity contribution in [3.05, 3.63) is 71.4 Å². The zero-order valence-electron chi connectivity index (χ0n) is 24.0. The van der Waals surface area contributed by atoms with Crippen molar-refractivity contribution >= 4 is 23.0 Å². The summed E-state index contributed by atoms with van der Waals surface area (Å²) < 4.78 is 9.35. The third-order valence-corrected chi connectivity index (χ3v) is 8.04. The van der Waals surface area contributed by atoms with E-state index in [1.54, 1.807) is 4.57 Å². The van der Waals surface area contributed by atoms with Crippen molar-refractivity contribution in [2.75, 3.05) is 25.4 Å². The van der Waals surface area contributed by atoms with E-state index in [4.69, 9.17) is 15.6 Å². The molecule has 0 bridgehead atoms. The van der Waals surface area contributed by atoms with Crippen molar-refractivity contribution in [3.8, 4) is 17.2 Å². The summed E-state index contributed by atoms with van der Waals surface area (Å²) in [5, 5.41) is 8.72. The van der Waals surface area contributed by atoms with Gasteiger partial charge in [0.15, 0.2) is 11.5 Å². The molecule has 0 unspecified atom stereocenters. The molecule has 1 aliphatic heterocycles. The minimum absolute atomic E-state index is 0.0401. The lowest BCUT2D eigenvalue weighted by Gasteiger charge is -2.32. The number of nitrogens with zero attached hydrogens (tertiary/aromatic N) is 5. The summed E-state index contributed by atoms with van der Waals surface area (Å²) >= 11 is 0. The Balaban J connectivity index is 1.20. The molecule has 1 aliphatic rings. The number of aromatic nitrogens is 4. The summed E-state index contributed by atoms with van der Waals surface area (Å²) in [7, 11) is 0. The van der Waals surface area contributed by atoms with Crippen LogP contribution in [0.25, 0.3) is 16.9 Å². The molecule has 2 aromatic carbocycles.